The number of hydrogen-bond donors (Lipinski definition) is 1. The number of rotatable bonds is 5. The molecule has 0 unspecified atom stereocenters. The highest BCUT2D eigenvalue weighted by atomic mass is 35.5. The van der Waals surface area contributed by atoms with Crippen LogP contribution in [-0.4, -0.2) is 28.7 Å². The zero-order valence-corrected chi connectivity index (χ0v) is 13.3. The number of amidine groups is 1. The Morgan fingerprint density at radius 3 is 2.91 bits per heavy atom. The van der Waals surface area contributed by atoms with Crippen LogP contribution in [0.25, 0.3) is 6.08 Å². The predicted molar refractivity (Wildman–Crippen MR) is 87.1 cm³/mol. The number of ether oxygens (including phenoxy) is 1. The number of benzene rings is 1. The van der Waals surface area contributed by atoms with E-state index in [1.807, 2.05) is 0 Å². The minimum atomic E-state index is -0.669. The summed E-state index contributed by atoms with van der Waals surface area (Å²) < 4.78 is 6.77. The smallest absolute Gasteiger partial charge is 0.358 e. The lowest BCUT2D eigenvalue weighted by atomic mass is 10.2. The van der Waals surface area contributed by atoms with Crippen molar-refractivity contribution in [3.05, 3.63) is 52.8 Å². The normalized spacial score (nSPS) is 11.7. The largest absolute Gasteiger partial charge is 0.496 e. The van der Waals surface area contributed by atoms with Gasteiger partial charge in [0.05, 0.1) is 18.9 Å². The first-order valence-corrected chi connectivity index (χ1v) is 6.92. The molecule has 0 radical (unpaired) electrons. The van der Waals surface area contributed by atoms with Gasteiger partial charge in [-0.2, -0.15) is 5.10 Å². The number of nitrogens with two attached hydrogens (primary N) is 1. The molecule has 0 bridgehead atoms. The lowest BCUT2D eigenvalue weighted by Crippen LogP contribution is -2.16. The molecule has 0 aliphatic rings. The molecule has 0 aliphatic carbocycles. The highest BCUT2D eigenvalue weighted by Crippen LogP contribution is 2.22. The second kappa shape index (κ2) is 7.46. The van der Waals surface area contributed by atoms with Crippen LogP contribution < -0.4 is 10.5 Å². The zero-order chi connectivity index (χ0) is 16.8. The second-order valence-corrected chi connectivity index (χ2v) is 4.95. The molecule has 1 heterocycles. The Hall–Kier alpha value is -2.80. The van der Waals surface area contributed by atoms with E-state index in [0.717, 1.165) is 5.56 Å². The van der Waals surface area contributed by atoms with E-state index in [2.05, 4.69) is 10.3 Å². The van der Waals surface area contributed by atoms with Gasteiger partial charge in [-0.15, -0.1) is 0 Å². The Bertz CT molecular complexity index is 768. The third-order valence-electron chi connectivity index (χ3n) is 2.81. The summed E-state index contributed by atoms with van der Waals surface area (Å²) >= 11 is 5.91. The number of aryl methyl sites for hydroxylation is 1. The third kappa shape index (κ3) is 4.58. The van der Waals surface area contributed by atoms with Gasteiger partial charge in [-0.25, -0.2) is 4.79 Å². The molecular weight excluding hydrogens is 320 g/mol. The molecule has 2 aromatic rings. The molecular formula is C15H15ClN4O3. The molecule has 0 atom stereocenters. The van der Waals surface area contributed by atoms with Crippen LogP contribution in [0.1, 0.15) is 11.1 Å². The van der Waals surface area contributed by atoms with Crippen LogP contribution in [0.3, 0.4) is 0 Å². The molecule has 2 rings (SSSR count). The van der Waals surface area contributed by atoms with Crippen molar-refractivity contribution in [3.8, 4) is 5.75 Å². The van der Waals surface area contributed by atoms with Crippen LogP contribution in [0.5, 0.6) is 5.75 Å². The van der Waals surface area contributed by atoms with E-state index in [0.29, 0.717) is 16.3 Å². The zero-order valence-electron chi connectivity index (χ0n) is 12.6. The maximum Gasteiger partial charge on any atom is 0.358 e. The first-order valence-electron chi connectivity index (χ1n) is 6.54. The van der Waals surface area contributed by atoms with Crippen molar-refractivity contribution in [1.82, 2.24) is 9.78 Å². The maximum absolute atomic E-state index is 11.6. The van der Waals surface area contributed by atoms with Crippen molar-refractivity contribution in [2.45, 2.75) is 0 Å². The summed E-state index contributed by atoms with van der Waals surface area (Å²) in [6.07, 6.45) is 6.14. The van der Waals surface area contributed by atoms with Crippen LogP contribution in [0.4, 0.5) is 0 Å². The second-order valence-electron chi connectivity index (χ2n) is 4.51. The average molecular weight is 335 g/mol. The molecule has 120 valence electrons. The maximum atomic E-state index is 11.6. The van der Waals surface area contributed by atoms with Gasteiger partial charge < -0.3 is 15.3 Å². The summed E-state index contributed by atoms with van der Waals surface area (Å²) in [5.74, 6) is -0.220. The van der Waals surface area contributed by atoms with Crippen LogP contribution in [0.2, 0.25) is 5.02 Å². The van der Waals surface area contributed by atoms with Gasteiger partial charge in [-0.1, -0.05) is 16.8 Å². The Morgan fingerprint density at radius 2 is 2.26 bits per heavy atom. The number of hydrogen-bond acceptors (Lipinski definition) is 5. The first-order chi connectivity index (χ1) is 11.0. The van der Waals surface area contributed by atoms with Gasteiger partial charge in [0.2, 0.25) is 0 Å². The fourth-order valence-electron chi connectivity index (χ4n) is 1.74. The van der Waals surface area contributed by atoms with Crippen molar-refractivity contribution in [3.63, 3.8) is 0 Å². The summed E-state index contributed by atoms with van der Waals surface area (Å²) in [5, 5.41) is 8.03. The summed E-state index contributed by atoms with van der Waals surface area (Å²) in [6.45, 7) is 0. The minimum absolute atomic E-state index is 0.0209. The van der Waals surface area contributed by atoms with Crippen LogP contribution in [0, 0.1) is 0 Å². The standard InChI is InChI=1S/C15H15ClN4O3/c1-20-9-10(8-18-20)3-6-14(21)23-19-15(17)12-7-11(16)4-5-13(12)22-2/h3-9H,1-2H3,(H2,17,19)/b6-3+. The van der Waals surface area contributed by atoms with Crippen molar-refractivity contribution in [1.29, 1.82) is 0 Å². The number of oxime groups is 1. The number of carbonyl (C=O) groups is 1. The molecule has 0 spiro atoms. The Balaban J connectivity index is 2.05. The molecule has 0 saturated heterocycles. The van der Waals surface area contributed by atoms with E-state index >= 15 is 0 Å². The Morgan fingerprint density at radius 1 is 1.48 bits per heavy atom. The lowest BCUT2D eigenvalue weighted by molar-refractivity contribution is -0.137. The number of aromatic nitrogens is 2. The van der Waals surface area contributed by atoms with Gasteiger partial charge >= 0.3 is 5.97 Å². The summed E-state index contributed by atoms with van der Waals surface area (Å²) in [7, 11) is 3.27. The number of methoxy groups -OCH3 is 1. The van der Waals surface area contributed by atoms with Gasteiger partial charge in [0.25, 0.3) is 0 Å². The fourth-order valence-corrected chi connectivity index (χ4v) is 1.92. The Labute approximate surface area is 137 Å². The molecule has 0 amide bonds. The summed E-state index contributed by atoms with van der Waals surface area (Å²) in [4.78, 5) is 16.4. The van der Waals surface area contributed by atoms with Gasteiger partial charge in [-0.05, 0) is 24.3 Å². The highest BCUT2D eigenvalue weighted by Gasteiger charge is 2.09. The summed E-state index contributed by atoms with van der Waals surface area (Å²) in [6, 6.07) is 4.86. The molecule has 1 aromatic carbocycles. The predicted octanol–water partition coefficient (Wildman–Crippen LogP) is 1.96. The number of carbonyl (C=O) groups excluding carboxylic acids is 1. The van der Waals surface area contributed by atoms with E-state index in [-0.39, 0.29) is 5.84 Å². The highest BCUT2D eigenvalue weighted by molar-refractivity contribution is 6.31. The van der Waals surface area contributed by atoms with Gasteiger partial charge in [0.1, 0.15) is 5.75 Å². The molecule has 0 fully saturated rings. The molecule has 0 aliphatic heterocycles. The van der Waals surface area contributed by atoms with Gasteiger partial charge in [0.15, 0.2) is 5.84 Å². The third-order valence-corrected chi connectivity index (χ3v) is 3.04. The monoisotopic (exact) mass is 334 g/mol. The summed E-state index contributed by atoms with van der Waals surface area (Å²) in [5.41, 5.74) is 6.99. The Kier molecular flexibility index (Phi) is 5.37. The van der Waals surface area contributed by atoms with Crippen molar-refractivity contribution in [2.24, 2.45) is 17.9 Å². The molecule has 2 N–H and O–H groups in total. The number of nitrogens with zero attached hydrogens (tertiary/aromatic N) is 3. The van der Waals surface area contributed by atoms with Crippen molar-refractivity contribution >= 4 is 29.5 Å². The van der Waals surface area contributed by atoms with Crippen LogP contribution in [-0.2, 0) is 16.7 Å². The van der Waals surface area contributed by atoms with E-state index in [4.69, 9.17) is 26.9 Å². The van der Waals surface area contributed by atoms with E-state index in [1.54, 1.807) is 48.4 Å². The van der Waals surface area contributed by atoms with Crippen LogP contribution >= 0.6 is 11.6 Å². The SMILES string of the molecule is COc1ccc(Cl)cc1/C(N)=N/OC(=O)/C=C/c1cnn(C)c1. The quantitative estimate of drug-likeness (QED) is 0.297. The molecule has 1 aromatic heterocycles. The van der Waals surface area contributed by atoms with Gasteiger partial charge in [-0.3, -0.25) is 4.68 Å². The van der Waals surface area contributed by atoms with E-state index in [1.165, 1.54) is 13.2 Å². The first kappa shape index (κ1) is 16.6. The number of halogens is 1. The van der Waals surface area contributed by atoms with Gasteiger partial charge in [0, 0.05) is 29.9 Å². The van der Waals surface area contributed by atoms with Crippen molar-refractivity contribution in [2.75, 3.05) is 7.11 Å². The fraction of sp³-hybridized carbons (Fsp3) is 0.133. The average Bonchev–Trinajstić information content (AvgIpc) is 2.96. The van der Waals surface area contributed by atoms with Crippen LogP contribution in [0.15, 0.2) is 41.8 Å². The molecule has 23 heavy (non-hydrogen) atoms. The molecule has 0 saturated carbocycles. The lowest BCUT2D eigenvalue weighted by Gasteiger charge is -2.07. The topological polar surface area (TPSA) is 91.7 Å². The van der Waals surface area contributed by atoms with E-state index in [9.17, 15) is 4.79 Å². The minimum Gasteiger partial charge on any atom is -0.496 e. The van der Waals surface area contributed by atoms with Crippen molar-refractivity contribution < 1.29 is 14.4 Å². The van der Waals surface area contributed by atoms with E-state index < -0.39 is 5.97 Å². The molecule has 8 heteroatoms. The molecule has 7 nitrogen and oxygen atoms in total.